The molecular formula is C10H15NO2. The van der Waals surface area contributed by atoms with Crippen LogP contribution in [-0.4, -0.2) is 23.7 Å². The lowest BCUT2D eigenvalue weighted by Gasteiger charge is -2.39. The van der Waals surface area contributed by atoms with E-state index in [-0.39, 0.29) is 5.54 Å². The van der Waals surface area contributed by atoms with Gasteiger partial charge in [-0.15, -0.1) is 0 Å². The maximum Gasteiger partial charge on any atom is 0.152 e. The van der Waals surface area contributed by atoms with E-state index in [0.29, 0.717) is 30.8 Å². The normalized spacial score (nSPS) is 28.0. The molecule has 2 aliphatic rings. The molecule has 0 radical (unpaired) electrons. The summed E-state index contributed by atoms with van der Waals surface area (Å²) in [6.45, 7) is 0.930. The molecule has 1 aliphatic heterocycles. The van der Waals surface area contributed by atoms with Crippen molar-refractivity contribution >= 4 is 11.6 Å². The molecule has 3 heteroatoms. The molecule has 72 valence electrons. The number of nitrogens with one attached hydrogen (secondary N) is 1. The van der Waals surface area contributed by atoms with Crippen LogP contribution >= 0.6 is 0 Å². The Labute approximate surface area is 77.9 Å². The minimum absolute atomic E-state index is 0.311. The molecular weight excluding hydrogens is 166 g/mol. The van der Waals surface area contributed by atoms with E-state index in [9.17, 15) is 9.59 Å². The zero-order valence-electron chi connectivity index (χ0n) is 7.77. The second-order valence-corrected chi connectivity index (χ2v) is 4.07. The Bertz CT molecular complexity index is 237. The van der Waals surface area contributed by atoms with Crippen molar-refractivity contribution in [2.24, 2.45) is 0 Å². The Kier molecular flexibility index (Phi) is 2.20. The van der Waals surface area contributed by atoms with Gasteiger partial charge in [0.1, 0.15) is 5.78 Å². The fourth-order valence-electron chi connectivity index (χ4n) is 2.33. The molecule has 0 atom stereocenters. The third-order valence-corrected chi connectivity index (χ3v) is 3.24. The van der Waals surface area contributed by atoms with Crippen LogP contribution in [0.1, 0.15) is 38.5 Å². The summed E-state index contributed by atoms with van der Waals surface area (Å²) in [7, 11) is 0. The van der Waals surface area contributed by atoms with Crippen molar-refractivity contribution in [1.29, 1.82) is 0 Å². The summed E-state index contributed by atoms with van der Waals surface area (Å²) < 4.78 is 0. The summed E-state index contributed by atoms with van der Waals surface area (Å²) in [6, 6.07) is 0. The molecule has 3 nitrogen and oxygen atoms in total. The number of hydrogen-bond donors (Lipinski definition) is 1. The van der Waals surface area contributed by atoms with Crippen LogP contribution in [0.4, 0.5) is 0 Å². The van der Waals surface area contributed by atoms with Gasteiger partial charge in [0.05, 0.1) is 5.54 Å². The van der Waals surface area contributed by atoms with Crippen LogP contribution in [0, 0.1) is 0 Å². The fraction of sp³-hybridized carbons (Fsp3) is 0.800. The van der Waals surface area contributed by atoms with Crippen LogP contribution in [0.25, 0.3) is 0 Å². The third kappa shape index (κ3) is 1.53. The number of piperidine rings is 1. The predicted octanol–water partition coefficient (Wildman–Crippen LogP) is 0.821. The molecule has 1 heterocycles. The Morgan fingerprint density at radius 2 is 1.77 bits per heavy atom. The van der Waals surface area contributed by atoms with Crippen molar-refractivity contribution in [3.05, 3.63) is 0 Å². The van der Waals surface area contributed by atoms with E-state index in [1.54, 1.807) is 0 Å². The van der Waals surface area contributed by atoms with Gasteiger partial charge in [-0.3, -0.25) is 9.59 Å². The number of ketones is 2. The van der Waals surface area contributed by atoms with Crippen LogP contribution in [0.3, 0.4) is 0 Å². The highest BCUT2D eigenvalue weighted by Gasteiger charge is 2.41. The zero-order chi connectivity index (χ0) is 9.31. The molecule has 0 unspecified atom stereocenters. The van der Waals surface area contributed by atoms with Gasteiger partial charge in [-0.1, -0.05) is 0 Å². The zero-order valence-corrected chi connectivity index (χ0v) is 7.77. The first-order valence-electron chi connectivity index (χ1n) is 5.03. The summed E-state index contributed by atoms with van der Waals surface area (Å²) in [6.07, 6.45) is 4.27. The maximum absolute atomic E-state index is 11.7. The molecule has 1 saturated heterocycles. The van der Waals surface area contributed by atoms with Gasteiger partial charge in [0.25, 0.3) is 0 Å². The minimum atomic E-state index is -0.313. The quantitative estimate of drug-likeness (QED) is 0.602. The summed E-state index contributed by atoms with van der Waals surface area (Å²) in [5.74, 6) is 0.636. The molecule has 0 aromatic rings. The smallest absolute Gasteiger partial charge is 0.152 e. The standard InChI is InChI=1S/C10H15NO2/c12-8-3-5-10(6-4-8)9(13)2-1-7-11-10/h11H,1-7H2. The van der Waals surface area contributed by atoms with Gasteiger partial charge in [0, 0.05) is 19.3 Å². The molecule has 2 fully saturated rings. The molecule has 0 amide bonds. The van der Waals surface area contributed by atoms with Crippen molar-refractivity contribution < 1.29 is 9.59 Å². The van der Waals surface area contributed by atoms with Gasteiger partial charge < -0.3 is 5.32 Å². The van der Waals surface area contributed by atoms with Gasteiger partial charge >= 0.3 is 0 Å². The highest BCUT2D eigenvalue weighted by Crippen LogP contribution is 2.30. The number of carbonyl (C=O) groups excluding carboxylic acids is 2. The highest BCUT2D eigenvalue weighted by molar-refractivity contribution is 5.92. The predicted molar refractivity (Wildman–Crippen MR) is 48.4 cm³/mol. The first-order chi connectivity index (χ1) is 6.23. The molecule has 1 saturated carbocycles. The van der Waals surface area contributed by atoms with Crippen molar-refractivity contribution in [2.45, 2.75) is 44.1 Å². The Morgan fingerprint density at radius 1 is 1.08 bits per heavy atom. The van der Waals surface area contributed by atoms with E-state index >= 15 is 0 Å². The van der Waals surface area contributed by atoms with Crippen molar-refractivity contribution in [3.8, 4) is 0 Å². The summed E-state index contributed by atoms with van der Waals surface area (Å²) in [5.41, 5.74) is -0.313. The van der Waals surface area contributed by atoms with Crippen LogP contribution in [0.5, 0.6) is 0 Å². The van der Waals surface area contributed by atoms with E-state index in [2.05, 4.69) is 5.32 Å². The first kappa shape index (κ1) is 8.88. The number of carbonyl (C=O) groups is 2. The lowest BCUT2D eigenvalue weighted by molar-refractivity contribution is -0.131. The number of Topliss-reactive ketones (excluding diaryl/α,β-unsaturated/α-hetero) is 2. The third-order valence-electron chi connectivity index (χ3n) is 3.24. The molecule has 0 aromatic heterocycles. The Morgan fingerprint density at radius 3 is 2.38 bits per heavy atom. The fourth-order valence-corrected chi connectivity index (χ4v) is 2.33. The molecule has 0 bridgehead atoms. The van der Waals surface area contributed by atoms with Crippen LogP contribution in [0.2, 0.25) is 0 Å². The summed E-state index contributed by atoms with van der Waals surface area (Å²) in [4.78, 5) is 22.8. The summed E-state index contributed by atoms with van der Waals surface area (Å²) >= 11 is 0. The van der Waals surface area contributed by atoms with E-state index < -0.39 is 0 Å². The second-order valence-electron chi connectivity index (χ2n) is 4.07. The molecule has 1 spiro atoms. The van der Waals surface area contributed by atoms with Gasteiger partial charge in [0.15, 0.2) is 5.78 Å². The highest BCUT2D eigenvalue weighted by atomic mass is 16.1. The molecule has 0 aromatic carbocycles. The Balaban J connectivity index is 2.10. The van der Waals surface area contributed by atoms with Crippen LogP contribution in [-0.2, 0) is 9.59 Å². The van der Waals surface area contributed by atoms with E-state index in [4.69, 9.17) is 0 Å². The van der Waals surface area contributed by atoms with Gasteiger partial charge in [-0.05, 0) is 25.8 Å². The number of rotatable bonds is 0. The van der Waals surface area contributed by atoms with Gasteiger partial charge in [0.2, 0.25) is 0 Å². The van der Waals surface area contributed by atoms with Gasteiger partial charge in [-0.25, -0.2) is 0 Å². The van der Waals surface area contributed by atoms with E-state index in [1.165, 1.54) is 0 Å². The Hall–Kier alpha value is -0.700. The average molecular weight is 181 g/mol. The monoisotopic (exact) mass is 181 g/mol. The lowest BCUT2D eigenvalue weighted by atomic mass is 9.75. The van der Waals surface area contributed by atoms with Crippen molar-refractivity contribution in [1.82, 2.24) is 5.32 Å². The van der Waals surface area contributed by atoms with Crippen LogP contribution in [0.15, 0.2) is 0 Å². The SMILES string of the molecule is O=C1CCC2(CC1)NCCCC2=O. The second kappa shape index (κ2) is 3.22. The summed E-state index contributed by atoms with van der Waals surface area (Å²) in [5, 5.41) is 3.30. The van der Waals surface area contributed by atoms with Crippen molar-refractivity contribution in [2.75, 3.05) is 6.54 Å². The van der Waals surface area contributed by atoms with Gasteiger partial charge in [-0.2, -0.15) is 0 Å². The molecule has 2 rings (SSSR count). The molecule has 1 N–H and O–H groups in total. The van der Waals surface area contributed by atoms with E-state index in [0.717, 1.165) is 25.8 Å². The first-order valence-corrected chi connectivity index (χ1v) is 5.03. The van der Waals surface area contributed by atoms with E-state index in [1.807, 2.05) is 0 Å². The minimum Gasteiger partial charge on any atom is -0.305 e. The van der Waals surface area contributed by atoms with Crippen molar-refractivity contribution in [3.63, 3.8) is 0 Å². The average Bonchev–Trinajstić information content (AvgIpc) is 2.15. The largest absolute Gasteiger partial charge is 0.305 e. The maximum atomic E-state index is 11.7. The molecule has 13 heavy (non-hydrogen) atoms. The lowest BCUT2D eigenvalue weighted by Crippen LogP contribution is -2.57. The molecule has 1 aliphatic carbocycles. The number of hydrogen-bond acceptors (Lipinski definition) is 3. The topological polar surface area (TPSA) is 46.2 Å². The van der Waals surface area contributed by atoms with Crippen LogP contribution < -0.4 is 5.32 Å².